The van der Waals surface area contributed by atoms with Gasteiger partial charge in [-0.2, -0.15) is 5.26 Å². The lowest BCUT2D eigenvalue weighted by Crippen LogP contribution is -2.41. The van der Waals surface area contributed by atoms with Crippen molar-refractivity contribution in [3.63, 3.8) is 0 Å². The Bertz CT molecular complexity index is 870. The van der Waals surface area contributed by atoms with Crippen molar-refractivity contribution < 1.29 is 0 Å². The summed E-state index contributed by atoms with van der Waals surface area (Å²) >= 11 is 12.4. The summed E-state index contributed by atoms with van der Waals surface area (Å²) in [6.07, 6.45) is 5.11. The summed E-state index contributed by atoms with van der Waals surface area (Å²) in [4.78, 5) is 2.57. The predicted octanol–water partition coefficient (Wildman–Crippen LogP) is 7.29. The van der Waals surface area contributed by atoms with E-state index in [1.54, 1.807) is 0 Å². The SMILES string of the molecule is CC(C)N(CCc1ccccc1)C(C)CCC(C#N)(c1ccc(Cl)c(Cl)c1)C1CC1. The maximum Gasteiger partial charge on any atom is 0.0851 e. The number of nitrogens with zero attached hydrogens (tertiary/aromatic N) is 2. The highest BCUT2D eigenvalue weighted by atomic mass is 35.5. The molecule has 0 N–H and O–H groups in total. The summed E-state index contributed by atoms with van der Waals surface area (Å²) in [5.74, 6) is 0.420. The van der Waals surface area contributed by atoms with E-state index in [2.05, 4.69) is 62.1 Å². The fraction of sp³-hybridized carbons (Fsp3) is 0.500. The van der Waals surface area contributed by atoms with E-state index >= 15 is 0 Å². The highest BCUT2D eigenvalue weighted by Gasteiger charge is 2.47. The van der Waals surface area contributed by atoms with E-state index in [1.807, 2.05) is 18.2 Å². The van der Waals surface area contributed by atoms with Crippen LogP contribution in [0.4, 0.5) is 0 Å². The second kappa shape index (κ2) is 10.2. The lowest BCUT2D eigenvalue weighted by Gasteiger charge is -2.35. The first kappa shape index (κ1) is 23.1. The van der Waals surface area contributed by atoms with Crippen LogP contribution in [0.15, 0.2) is 48.5 Å². The van der Waals surface area contributed by atoms with Gasteiger partial charge in [-0.15, -0.1) is 0 Å². The number of hydrogen-bond donors (Lipinski definition) is 0. The Kier molecular flexibility index (Phi) is 7.86. The Balaban J connectivity index is 1.72. The summed E-state index contributed by atoms with van der Waals surface area (Å²) in [7, 11) is 0. The van der Waals surface area contributed by atoms with Crippen LogP contribution >= 0.6 is 23.2 Å². The van der Waals surface area contributed by atoms with Gasteiger partial charge in [0.25, 0.3) is 0 Å². The van der Waals surface area contributed by atoms with E-state index in [9.17, 15) is 5.26 Å². The Hall–Kier alpha value is -1.53. The van der Waals surface area contributed by atoms with Gasteiger partial charge in [0.05, 0.1) is 21.5 Å². The highest BCUT2D eigenvalue weighted by Crippen LogP contribution is 2.50. The molecule has 2 nitrogen and oxygen atoms in total. The van der Waals surface area contributed by atoms with E-state index in [4.69, 9.17) is 23.2 Å². The van der Waals surface area contributed by atoms with E-state index in [1.165, 1.54) is 5.56 Å². The smallest absolute Gasteiger partial charge is 0.0851 e. The van der Waals surface area contributed by atoms with Crippen molar-refractivity contribution in [1.82, 2.24) is 4.90 Å². The fourth-order valence-electron chi connectivity index (χ4n) is 4.64. The zero-order valence-corrected chi connectivity index (χ0v) is 19.8. The van der Waals surface area contributed by atoms with Crippen molar-refractivity contribution in [1.29, 1.82) is 5.26 Å². The Morgan fingerprint density at radius 3 is 2.33 bits per heavy atom. The summed E-state index contributed by atoms with van der Waals surface area (Å²) in [6.45, 7) is 7.85. The van der Waals surface area contributed by atoms with E-state index in [-0.39, 0.29) is 0 Å². The Morgan fingerprint density at radius 1 is 1.07 bits per heavy atom. The molecule has 160 valence electrons. The second-order valence-corrected chi connectivity index (χ2v) is 9.76. The molecule has 0 spiro atoms. The van der Waals surface area contributed by atoms with Crippen molar-refractivity contribution in [3.05, 3.63) is 69.7 Å². The zero-order chi connectivity index (χ0) is 21.7. The van der Waals surface area contributed by atoms with Crippen LogP contribution in [-0.2, 0) is 11.8 Å². The molecule has 2 unspecified atom stereocenters. The molecule has 1 saturated carbocycles. The number of nitriles is 1. The van der Waals surface area contributed by atoms with Crippen molar-refractivity contribution >= 4 is 23.2 Å². The van der Waals surface area contributed by atoms with Gasteiger partial charge >= 0.3 is 0 Å². The fourth-order valence-corrected chi connectivity index (χ4v) is 4.94. The molecule has 3 rings (SSSR count). The first-order valence-corrected chi connectivity index (χ1v) is 11.8. The van der Waals surface area contributed by atoms with Crippen molar-refractivity contribution in [2.75, 3.05) is 6.54 Å². The zero-order valence-electron chi connectivity index (χ0n) is 18.2. The average Bonchev–Trinajstić information content (AvgIpc) is 3.58. The highest BCUT2D eigenvalue weighted by molar-refractivity contribution is 6.42. The molecule has 1 aliphatic carbocycles. The largest absolute Gasteiger partial charge is 0.298 e. The van der Waals surface area contributed by atoms with Crippen molar-refractivity contribution in [3.8, 4) is 6.07 Å². The molecular weight excluding hydrogens is 411 g/mol. The molecule has 0 amide bonds. The van der Waals surface area contributed by atoms with Crippen LogP contribution in [0.3, 0.4) is 0 Å². The molecule has 0 aromatic heterocycles. The van der Waals surface area contributed by atoms with Gasteiger partial charge in [0.2, 0.25) is 0 Å². The minimum Gasteiger partial charge on any atom is -0.298 e. The Labute approximate surface area is 191 Å². The second-order valence-electron chi connectivity index (χ2n) is 8.94. The lowest BCUT2D eigenvalue weighted by atomic mass is 9.73. The molecule has 2 aromatic rings. The average molecular weight is 443 g/mol. The van der Waals surface area contributed by atoms with Crippen LogP contribution in [0, 0.1) is 17.2 Å². The van der Waals surface area contributed by atoms with Gasteiger partial charge in [-0.1, -0.05) is 59.6 Å². The van der Waals surface area contributed by atoms with Crippen LogP contribution in [0.25, 0.3) is 0 Å². The minimum absolute atomic E-state index is 0.406. The lowest BCUT2D eigenvalue weighted by molar-refractivity contribution is 0.150. The van der Waals surface area contributed by atoms with E-state index < -0.39 is 5.41 Å². The van der Waals surface area contributed by atoms with Gasteiger partial charge in [0, 0.05) is 18.6 Å². The van der Waals surface area contributed by atoms with E-state index in [0.717, 1.165) is 44.2 Å². The molecule has 0 radical (unpaired) electrons. The predicted molar refractivity (Wildman–Crippen MR) is 127 cm³/mol. The first-order chi connectivity index (χ1) is 14.4. The van der Waals surface area contributed by atoms with Gasteiger partial charge in [0.1, 0.15) is 0 Å². The van der Waals surface area contributed by atoms with Crippen LogP contribution in [0.1, 0.15) is 57.6 Å². The third kappa shape index (κ3) is 5.38. The Morgan fingerprint density at radius 2 is 1.77 bits per heavy atom. The molecule has 0 saturated heterocycles. The first-order valence-electron chi connectivity index (χ1n) is 11.0. The maximum atomic E-state index is 10.3. The third-order valence-corrected chi connectivity index (χ3v) is 7.33. The van der Waals surface area contributed by atoms with Gasteiger partial charge in [-0.3, -0.25) is 4.90 Å². The van der Waals surface area contributed by atoms with Gasteiger partial charge in [0.15, 0.2) is 0 Å². The quantitative estimate of drug-likeness (QED) is 0.386. The topological polar surface area (TPSA) is 27.0 Å². The number of hydrogen-bond acceptors (Lipinski definition) is 2. The number of rotatable bonds is 10. The molecule has 1 fully saturated rings. The van der Waals surface area contributed by atoms with Crippen LogP contribution in [0.5, 0.6) is 0 Å². The van der Waals surface area contributed by atoms with Crippen LogP contribution < -0.4 is 0 Å². The molecule has 30 heavy (non-hydrogen) atoms. The molecule has 2 aromatic carbocycles. The summed E-state index contributed by atoms with van der Waals surface area (Å²) in [5.41, 5.74) is 1.93. The van der Waals surface area contributed by atoms with Crippen molar-refractivity contribution in [2.24, 2.45) is 5.92 Å². The van der Waals surface area contributed by atoms with E-state index in [0.29, 0.717) is 28.0 Å². The monoisotopic (exact) mass is 442 g/mol. The van der Waals surface area contributed by atoms with Gasteiger partial charge in [-0.25, -0.2) is 0 Å². The molecule has 4 heteroatoms. The summed E-state index contributed by atoms with van der Waals surface area (Å²) < 4.78 is 0. The molecule has 0 heterocycles. The molecule has 0 aliphatic heterocycles. The number of halogens is 2. The minimum atomic E-state index is -0.468. The molecule has 1 aliphatic rings. The summed E-state index contributed by atoms with van der Waals surface area (Å²) in [6, 6.07) is 20.0. The van der Waals surface area contributed by atoms with Crippen LogP contribution in [-0.4, -0.2) is 23.5 Å². The molecule has 2 atom stereocenters. The van der Waals surface area contributed by atoms with Gasteiger partial charge < -0.3 is 0 Å². The molecular formula is C26H32Cl2N2. The summed E-state index contributed by atoms with van der Waals surface area (Å²) in [5, 5.41) is 11.4. The standard InChI is InChI=1S/C26H32Cl2N2/c1-19(2)30(16-14-21-7-5-4-6-8-21)20(3)13-15-26(18-29,22-9-10-22)23-11-12-24(27)25(28)17-23/h4-8,11-12,17,19-20,22H,9-10,13-16H2,1-3H3. The van der Waals surface area contributed by atoms with Gasteiger partial charge in [-0.05, 0) is 82.1 Å². The normalized spacial score (nSPS) is 17.0. The van der Waals surface area contributed by atoms with Crippen molar-refractivity contribution in [2.45, 2.75) is 70.4 Å². The molecule has 0 bridgehead atoms. The maximum absolute atomic E-state index is 10.3. The third-order valence-electron chi connectivity index (χ3n) is 6.60. The van der Waals surface area contributed by atoms with Crippen LogP contribution in [0.2, 0.25) is 10.0 Å². The number of benzene rings is 2.